The van der Waals surface area contributed by atoms with Crippen LogP contribution in [0, 0.1) is 12.3 Å². The third kappa shape index (κ3) is 1.75. The molecule has 1 unspecified atom stereocenters. The summed E-state index contributed by atoms with van der Waals surface area (Å²) in [6.07, 6.45) is 1.09. The van der Waals surface area contributed by atoms with Gasteiger partial charge in [-0.3, -0.25) is 0 Å². The number of hydrogen-bond donors (Lipinski definition) is 1. The van der Waals surface area contributed by atoms with E-state index in [1.165, 1.54) is 10.6 Å². The highest BCUT2D eigenvalue weighted by Gasteiger charge is 2.47. The summed E-state index contributed by atoms with van der Waals surface area (Å²) in [5, 5.41) is 13.0. The minimum absolute atomic E-state index is 0.00984. The van der Waals surface area contributed by atoms with Crippen molar-refractivity contribution in [1.29, 1.82) is 0 Å². The van der Waals surface area contributed by atoms with Crippen LogP contribution in [0.5, 0.6) is 0 Å². The van der Waals surface area contributed by atoms with E-state index >= 15 is 0 Å². The molecule has 1 aromatic heterocycles. The number of aliphatic hydroxyl groups is 1. The van der Waals surface area contributed by atoms with Gasteiger partial charge in [0.05, 0.1) is 0 Å². The summed E-state index contributed by atoms with van der Waals surface area (Å²) in [4.78, 5) is 1.26. The molecule has 1 aromatic rings. The van der Waals surface area contributed by atoms with Gasteiger partial charge < -0.3 is 5.11 Å². The van der Waals surface area contributed by atoms with Gasteiger partial charge in [0.2, 0.25) is 0 Å². The predicted octanol–water partition coefficient (Wildman–Crippen LogP) is 3.41. The fourth-order valence-electron chi connectivity index (χ4n) is 2.21. The summed E-state index contributed by atoms with van der Waals surface area (Å²) in [5.41, 5.74) is 0.495. The Kier molecular flexibility index (Phi) is 2.91. The number of thioether (sulfide) groups is 1. The summed E-state index contributed by atoms with van der Waals surface area (Å²) < 4.78 is 0. The average molecular weight is 242 g/mol. The maximum Gasteiger partial charge on any atom is 0.105 e. The highest BCUT2D eigenvalue weighted by molar-refractivity contribution is 7.99. The van der Waals surface area contributed by atoms with Crippen LogP contribution in [-0.2, 0) is 5.60 Å². The van der Waals surface area contributed by atoms with Gasteiger partial charge in [-0.2, -0.15) is 11.8 Å². The van der Waals surface area contributed by atoms with Crippen LogP contribution in [0.3, 0.4) is 0 Å². The van der Waals surface area contributed by atoms with Crippen molar-refractivity contribution in [2.24, 2.45) is 5.41 Å². The van der Waals surface area contributed by atoms with Gasteiger partial charge in [-0.15, -0.1) is 11.3 Å². The first-order valence-electron chi connectivity index (χ1n) is 5.32. The molecule has 2 heterocycles. The van der Waals surface area contributed by atoms with E-state index in [-0.39, 0.29) is 5.41 Å². The third-order valence-corrected chi connectivity index (χ3v) is 5.57. The molecule has 0 amide bonds. The molecule has 0 aliphatic carbocycles. The number of rotatable bonds is 1. The molecule has 1 nitrogen and oxygen atoms in total. The Morgan fingerprint density at radius 2 is 2.13 bits per heavy atom. The van der Waals surface area contributed by atoms with Gasteiger partial charge in [0.15, 0.2) is 0 Å². The first-order chi connectivity index (χ1) is 6.97. The Morgan fingerprint density at radius 1 is 1.40 bits per heavy atom. The summed E-state index contributed by atoms with van der Waals surface area (Å²) in [6, 6.07) is 2.09. The molecule has 0 aromatic carbocycles. The van der Waals surface area contributed by atoms with Crippen LogP contribution in [-0.4, -0.2) is 16.6 Å². The van der Waals surface area contributed by atoms with Gasteiger partial charge in [0, 0.05) is 10.6 Å². The van der Waals surface area contributed by atoms with Crippen molar-refractivity contribution >= 4 is 23.1 Å². The standard InChI is InChI=1S/C12H18OS2/c1-9-10(4-6-15-9)12(13)8-14-7-5-11(12,2)3/h4,6,13H,5,7-8H2,1-3H3. The quantitative estimate of drug-likeness (QED) is 0.814. The van der Waals surface area contributed by atoms with Crippen molar-refractivity contribution in [2.45, 2.75) is 32.8 Å². The lowest BCUT2D eigenvalue weighted by atomic mass is 9.70. The van der Waals surface area contributed by atoms with Crippen molar-refractivity contribution in [1.82, 2.24) is 0 Å². The van der Waals surface area contributed by atoms with Crippen molar-refractivity contribution in [2.75, 3.05) is 11.5 Å². The second-order valence-corrected chi connectivity index (χ2v) is 7.16. The van der Waals surface area contributed by atoms with E-state index in [0.29, 0.717) is 0 Å². The number of thiophene rings is 1. The molecule has 3 heteroatoms. The molecular formula is C12H18OS2. The zero-order chi connectivity index (χ0) is 11.1. The monoisotopic (exact) mass is 242 g/mol. The first kappa shape index (κ1) is 11.5. The minimum Gasteiger partial charge on any atom is -0.384 e. The van der Waals surface area contributed by atoms with Crippen LogP contribution < -0.4 is 0 Å². The zero-order valence-electron chi connectivity index (χ0n) is 9.54. The summed E-state index contributed by atoms with van der Waals surface area (Å²) in [6.45, 7) is 6.47. The van der Waals surface area contributed by atoms with Crippen molar-refractivity contribution < 1.29 is 5.11 Å². The summed E-state index contributed by atoms with van der Waals surface area (Å²) in [7, 11) is 0. The van der Waals surface area contributed by atoms with Crippen LogP contribution in [0.25, 0.3) is 0 Å². The van der Waals surface area contributed by atoms with Gasteiger partial charge in [0.25, 0.3) is 0 Å². The largest absolute Gasteiger partial charge is 0.384 e. The van der Waals surface area contributed by atoms with Gasteiger partial charge in [-0.25, -0.2) is 0 Å². The van der Waals surface area contributed by atoms with E-state index < -0.39 is 5.60 Å². The average Bonchev–Trinajstić information content (AvgIpc) is 2.57. The van der Waals surface area contributed by atoms with Crippen LogP contribution in [0.15, 0.2) is 11.4 Å². The highest BCUT2D eigenvalue weighted by atomic mass is 32.2. The molecule has 1 aliphatic heterocycles. The maximum atomic E-state index is 10.9. The first-order valence-corrected chi connectivity index (χ1v) is 7.35. The Balaban J connectivity index is 2.44. The lowest BCUT2D eigenvalue weighted by Gasteiger charge is -2.46. The lowest BCUT2D eigenvalue weighted by molar-refractivity contribution is -0.0579. The highest BCUT2D eigenvalue weighted by Crippen LogP contribution is 2.49. The van der Waals surface area contributed by atoms with E-state index in [0.717, 1.165) is 17.7 Å². The van der Waals surface area contributed by atoms with Crippen LogP contribution in [0.2, 0.25) is 0 Å². The molecule has 84 valence electrons. The molecule has 0 spiro atoms. The smallest absolute Gasteiger partial charge is 0.105 e. The molecule has 1 aliphatic rings. The molecule has 0 bridgehead atoms. The number of aryl methyl sites for hydroxylation is 1. The molecule has 2 rings (SSSR count). The Labute approximate surface area is 99.9 Å². The lowest BCUT2D eigenvalue weighted by Crippen LogP contribution is -2.47. The molecular weight excluding hydrogens is 224 g/mol. The molecule has 0 saturated carbocycles. The Bertz CT molecular complexity index is 356. The fraction of sp³-hybridized carbons (Fsp3) is 0.667. The second-order valence-electron chi connectivity index (χ2n) is 4.94. The van der Waals surface area contributed by atoms with Crippen LogP contribution in [0.1, 0.15) is 30.7 Å². The Morgan fingerprint density at radius 3 is 2.67 bits per heavy atom. The fourth-order valence-corrected chi connectivity index (χ4v) is 4.62. The molecule has 0 radical (unpaired) electrons. The van der Waals surface area contributed by atoms with Crippen molar-refractivity contribution in [3.63, 3.8) is 0 Å². The maximum absolute atomic E-state index is 10.9. The second kappa shape index (κ2) is 3.79. The molecule has 1 N–H and O–H groups in total. The van der Waals surface area contributed by atoms with Gasteiger partial charge >= 0.3 is 0 Å². The zero-order valence-corrected chi connectivity index (χ0v) is 11.2. The van der Waals surface area contributed by atoms with Crippen LogP contribution >= 0.6 is 23.1 Å². The van der Waals surface area contributed by atoms with E-state index in [1.54, 1.807) is 11.3 Å². The van der Waals surface area contributed by atoms with Crippen molar-refractivity contribution in [3.8, 4) is 0 Å². The van der Waals surface area contributed by atoms with Gasteiger partial charge in [0.1, 0.15) is 5.60 Å². The molecule has 1 fully saturated rings. The van der Waals surface area contributed by atoms with Gasteiger partial charge in [-0.05, 0) is 41.5 Å². The topological polar surface area (TPSA) is 20.2 Å². The SMILES string of the molecule is Cc1sccc1C1(O)CSCCC1(C)C. The number of hydrogen-bond acceptors (Lipinski definition) is 3. The molecule has 15 heavy (non-hydrogen) atoms. The predicted molar refractivity (Wildman–Crippen MR) is 68.7 cm³/mol. The van der Waals surface area contributed by atoms with E-state index in [2.05, 4.69) is 32.2 Å². The van der Waals surface area contributed by atoms with E-state index in [9.17, 15) is 5.11 Å². The van der Waals surface area contributed by atoms with Crippen LogP contribution in [0.4, 0.5) is 0 Å². The molecule has 1 atom stereocenters. The molecule has 1 saturated heterocycles. The summed E-state index contributed by atoms with van der Waals surface area (Å²) in [5.74, 6) is 2.00. The minimum atomic E-state index is -0.639. The van der Waals surface area contributed by atoms with E-state index in [4.69, 9.17) is 0 Å². The normalized spacial score (nSPS) is 30.4. The van der Waals surface area contributed by atoms with Crippen molar-refractivity contribution in [3.05, 3.63) is 21.9 Å². The van der Waals surface area contributed by atoms with Gasteiger partial charge in [-0.1, -0.05) is 13.8 Å². The Hall–Kier alpha value is 0.01000. The third-order valence-electron chi connectivity index (χ3n) is 3.61. The van der Waals surface area contributed by atoms with E-state index in [1.807, 2.05) is 11.8 Å². The summed E-state index contributed by atoms with van der Waals surface area (Å²) >= 11 is 3.59.